The Morgan fingerprint density at radius 1 is 1.04 bits per heavy atom. The molecule has 6 nitrogen and oxygen atoms in total. The number of aromatic amines is 1. The number of aromatic nitrogens is 4. The highest BCUT2D eigenvalue weighted by molar-refractivity contribution is 6.30. The topological polar surface area (TPSA) is 92.5 Å². The van der Waals surface area contributed by atoms with E-state index in [0.29, 0.717) is 22.2 Å². The van der Waals surface area contributed by atoms with E-state index in [4.69, 9.17) is 17.3 Å². The molecule has 0 aliphatic carbocycles. The first kappa shape index (κ1) is 14.5. The van der Waals surface area contributed by atoms with E-state index in [0.717, 1.165) is 22.3 Å². The Morgan fingerprint density at radius 3 is 2.75 bits per heavy atom. The van der Waals surface area contributed by atoms with E-state index < -0.39 is 0 Å². The van der Waals surface area contributed by atoms with Crippen molar-refractivity contribution in [3.8, 4) is 11.3 Å². The number of fused-ring (bicyclic) bond motifs is 1. The number of hydrogen-bond donors (Lipinski definition) is 3. The van der Waals surface area contributed by atoms with Crippen LogP contribution in [0.2, 0.25) is 5.02 Å². The first-order chi connectivity index (χ1) is 11.7. The number of nitrogen functional groups attached to an aromatic ring is 1. The first-order valence-corrected chi connectivity index (χ1v) is 7.66. The van der Waals surface area contributed by atoms with Crippen LogP contribution >= 0.6 is 11.6 Å². The second-order valence-electron chi connectivity index (χ2n) is 5.28. The third kappa shape index (κ3) is 2.63. The van der Waals surface area contributed by atoms with E-state index in [1.165, 1.54) is 6.33 Å². The number of rotatable bonds is 3. The molecule has 4 rings (SSSR count). The second kappa shape index (κ2) is 5.82. The Kier molecular flexibility index (Phi) is 3.51. The summed E-state index contributed by atoms with van der Waals surface area (Å²) in [5.41, 5.74) is 9.71. The molecule has 0 unspecified atom stereocenters. The van der Waals surface area contributed by atoms with Crippen LogP contribution in [-0.2, 0) is 0 Å². The molecule has 2 aromatic carbocycles. The number of H-pyrrole nitrogens is 1. The Hall–Kier alpha value is -3.12. The van der Waals surface area contributed by atoms with Gasteiger partial charge in [0, 0.05) is 22.0 Å². The van der Waals surface area contributed by atoms with Gasteiger partial charge in [0.25, 0.3) is 0 Å². The Morgan fingerprint density at radius 2 is 1.92 bits per heavy atom. The molecule has 4 aromatic rings. The first-order valence-electron chi connectivity index (χ1n) is 7.28. The van der Waals surface area contributed by atoms with Crippen LogP contribution in [0.15, 0.2) is 54.9 Å². The van der Waals surface area contributed by atoms with E-state index in [2.05, 4.69) is 25.5 Å². The van der Waals surface area contributed by atoms with Crippen molar-refractivity contribution in [2.75, 3.05) is 11.1 Å². The molecule has 0 saturated carbocycles. The molecule has 0 saturated heterocycles. The zero-order valence-electron chi connectivity index (χ0n) is 12.5. The molecule has 0 bridgehead atoms. The van der Waals surface area contributed by atoms with Crippen LogP contribution in [0.1, 0.15) is 0 Å². The minimum absolute atomic E-state index is 0.576. The van der Waals surface area contributed by atoms with Crippen molar-refractivity contribution in [1.82, 2.24) is 20.2 Å². The molecule has 0 spiro atoms. The molecule has 2 heterocycles. The van der Waals surface area contributed by atoms with Crippen molar-refractivity contribution >= 4 is 39.8 Å². The quantitative estimate of drug-likeness (QED) is 0.492. The monoisotopic (exact) mass is 336 g/mol. The van der Waals surface area contributed by atoms with Gasteiger partial charge in [-0.25, -0.2) is 9.97 Å². The summed E-state index contributed by atoms with van der Waals surface area (Å²) in [6.07, 6.45) is 1.47. The van der Waals surface area contributed by atoms with Gasteiger partial charge in [0.15, 0.2) is 5.65 Å². The standard InChI is InChI=1S/C17H13ClN6/c18-11-4-2-6-13(8-11)22-16-14-15(10-3-1-5-12(19)7-10)23-24-17(14)21-9-20-16/h1-9H,19H2,(H2,20,21,22,23,24). The van der Waals surface area contributed by atoms with Crippen LogP contribution in [0.4, 0.5) is 17.2 Å². The van der Waals surface area contributed by atoms with Crippen LogP contribution in [0.25, 0.3) is 22.3 Å². The molecule has 7 heteroatoms. The predicted octanol–water partition coefficient (Wildman–Crippen LogP) is 4.00. The van der Waals surface area contributed by atoms with Gasteiger partial charge >= 0.3 is 0 Å². The summed E-state index contributed by atoms with van der Waals surface area (Å²) in [6, 6.07) is 15.0. The molecule has 118 valence electrons. The maximum Gasteiger partial charge on any atom is 0.186 e. The van der Waals surface area contributed by atoms with E-state index in [1.807, 2.05) is 48.5 Å². The summed E-state index contributed by atoms with van der Waals surface area (Å²) in [4.78, 5) is 8.57. The lowest BCUT2D eigenvalue weighted by molar-refractivity contribution is 1.09. The lowest BCUT2D eigenvalue weighted by atomic mass is 10.1. The van der Waals surface area contributed by atoms with Crippen molar-refractivity contribution in [2.45, 2.75) is 0 Å². The largest absolute Gasteiger partial charge is 0.399 e. The van der Waals surface area contributed by atoms with Crippen molar-refractivity contribution in [3.63, 3.8) is 0 Å². The lowest BCUT2D eigenvalue weighted by Crippen LogP contribution is -1.96. The van der Waals surface area contributed by atoms with E-state index in [-0.39, 0.29) is 0 Å². The van der Waals surface area contributed by atoms with Gasteiger partial charge in [0.2, 0.25) is 0 Å². The summed E-state index contributed by atoms with van der Waals surface area (Å²) in [5, 5.41) is 12.0. The molecule has 0 fully saturated rings. The van der Waals surface area contributed by atoms with Crippen LogP contribution in [0.3, 0.4) is 0 Å². The van der Waals surface area contributed by atoms with E-state index in [1.54, 1.807) is 0 Å². The summed E-state index contributed by atoms with van der Waals surface area (Å²) >= 11 is 6.05. The molecule has 2 aromatic heterocycles. The fourth-order valence-electron chi connectivity index (χ4n) is 2.56. The van der Waals surface area contributed by atoms with Crippen LogP contribution in [0.5, 0.6) is 0 Å². The molecule has 24 heavy (non-hydrogen) atoms. The SMILES string of the molecule is Nc1cccc(-c2[nH]nc3ncnc(Nc4cccc(Cl)c4)c23)c1. The maximum absolute atomic E-state index is 6.05. The predicted molar refractivity (Wildman–Crippen MR) is 96.3 cm³/mol. The fraction of sp³-hybridized carbons (Fsp3) is 0. The van der Waals surface area contributed by atoms with Gasteiger partial charge < -0.3 is 11.1 Å². The van der Waals surface area contributed by atoms with Crippen molar-refractivity contribution in [1.29, 1.82) is 0 Å². The highest BCUT2D eigenvalue weighted by Gasteiger charge is 2.14. The van der Waals surface area contributed by atoms with Gasteiger partial charge in [-0.1, -0.05) is 29.8 Å². The van der Waals surface area contributed by atoms with Gasteiger partial charge in [-0.15, -0.1) is 0 Å². The Balaban J connectivity index is 1.86. The smallest absolute Gasteiger partial charge is 0.186 e. The van der Waals surface area contributed by atoms with Crippen LogP contribution < -0.4 is 11.1 Å². The number of halogens is 1. The minimum Gasteiger partial charge on any atom is -0.399 e. The summed E-state index contributed by atoms with van der Waals surface area (Å²) in [6.45, 7) is 0. The Labute approximate surface area is 142 Å². The van der Waals surface area contributed by atoms with Gasteiger partial charge in [0.05, 0.1) is 11.1 Å². The van der Waals surface area contributed by atoms with Gasteiger partial charge in [-0.05, 0) is 30.3 Å². The number of nitrogens with two attached hydrogens (primary N) is 1. The minimum atomic E-state index is 0.576. The molecular formula is C17H13ClN6. The number of nitrogens with one attached hydrogen (secondary N) is 2. The molecular weight excluding hydrogens is 324 g/mol. The van der Waals surface area contributed by atoms with Crippen LogP contribution in [0, 0.1) is 0 Å². The normalized spacial score (nSPS) is 10.9. The average Bonchev–Trinajstić information content (AvgIpc) is 3.00. The zero-order valence-corrected chi connectivity index (χ0v) is 13.2. The third-order valence-electron chi connectivity index (χ3n) is 3.61. The number of benzene rings is 2. The molecule has 0 atom stereocenters. The summed E-state index contributed by atoms with van der Waals surface area (Å²) in [7, 11) is 0. The van der Waals surface area contributed by atoms with E-state index in [9.17, 15) is 0 Å². The molecule has 0 amide bonds. The zero-order chi connectivity index (χ0) is 16.5. The van der Waals surface area contributed by atoms with E-state index >= 15 is 0 Å². The summed E-state index contributed by atoms with van der Waals surface area (Å²) in [5.74, 6) is 0.647. The van der Waals surface area contributed by atoms with Gasteiger partial charge in [-0.2, -0.15) is 5.10 Å². The lowest BCUT2D eigenvalue weighted by Gasteiger charge is -2.08. The van der Waals surface area contributed by atoms with Crippen molar-refractivity contribution < 1.29 is 0 Å². The van der Waals surface area contributed by atoms with Crippen molar-refractivity contribution in [2.24, 2.45) is 0 Å². The second-order valence-corrected chi connectivity index (χ2v) is 5.72. The van der Waals surface area contributed by atoms with Crippen LogP contribution in [-0.4, -0.2) is 20.2 Å². The highest BCUT2D eigenvalue weighted by atomic mass is 35.5. The summed E-state index contributed by atoms with van der Waals surface area (Å²) < 4.78 is 0. The third-order valence-corrected chi connectivity index (χ3v) is 3.85. The molecule has 0 radical (unpaired) electrons. The fourth-order valence-corrected chi connectivity index (χ4v) is 2.75. The molecule has 0 aliphatic rings. The molecule has 4 N–H and O–H groups in total. The Bertz CT molecular complexity index is 1030. The van der Waals surface area contributed by atoms with Gasteiger partial charge in [0.1, 0.15) is 12.1 Å². The van der Waals surface area contributed by atoms with Crippen molar-refractivity contribution in [3.05, 3.63) is 59.9 Å². The average molecular weight is 337 g/mol. The molecule has 0 aliphatic heterocycles. The number of nitrogens with zero attached hydrogens (tertiary/aromatic N) is 3. The van der Waals surface area contributed by atoms with Gasteiger partial charge in [-0.3, -0.25) is 5.10 Å². The number of anilines is 3. The maximum atomic E-state index is 6.05. The highest BCUT2D eigenvalue weighted by Crippen LogP contribution is 2.32. The number of hydrogen-bond acceptors (Lipinski definition) is 5.